The summed E-state index contributed by atoms with van der Waals surface area (Å²) in [6, 6.07) is 0. The van der Waals surface area contributed by atoms with Crippen LogP contribution in [0.4, 0.5) is 0 Å². The first-order valence-corrected chi connectivity index (χ1v) is 15.7. The Balaban J connectivity index is -0.000000204. The summed E-state index contributed by atoms with van der Waals surface area (Å²) in [5.74, 6) is 0.818. The Morgan fingerprint density at radius 1 is 0.737 bits per heavy atom. The second-order valence-corrected chi connectivity index (χ2v) is 9.57. The fraction of sp³-hybridized carbons (Fsp3) is 1.00. The van der Waals surface area contributed by atoms with Crippen molar-refractivity contribution in [1.82, 2.24) is 19.6 Å². The fourth-order valence-electron chi connectivity index (χ4n) is 3.52. The second-order valence-electron chi connectivity index (χ2n) is 9.57. The largest absolute Gasteiger partial charge is 0.385 e. The molecule has 0 atom stereocenters. The molecule has 7 heteroatoms. The molecule has 0 aromatic heterocycles. The van der Waals surface area contributed by atoms with E-state index in [4.69, 9.17) is 14.2 Å². The Morgan fingerprint density at radius 2 is 1.21 bits per heavy atom. The van der Waals surface area contributed by atoms with Crippen LogP contribution >= 0.6 is 0 Å². The lowest BCUT2D eigenvalue weighted by Gasteiger charge is -2.38. The lowest BCUT2D eigenvalue weighted by atomic mass is 10.1. The van der Waals surface area contributed by atoms with Crippen LogP contribution in [0, 0.1) is 5.92 Å². The molecule has 2 fully saturated rings. The molecule has 2 aliphatic rings. The molecular formula is C31H74N4O3. The number of piperazine rings is 1. The van der Waals surface area contributed by atoms with Gasteiger partial charge in [-0.25, -0.2) is 0 Å². The first kappa shape index (κ1) is 44.7. The predicted molar refractivity (Wildman–Crippen MR) is 171 cm³/mol. The van der Waals surface area contributed by atoms with Crippen LogP contribution in [-0.2, 0) is 14.2 Å². The molecule has 2 rings (SSSR count). The molecule has 0 saturated carbocycles. The molecule has 0 aromatic carbocycles. The van der Waals surface area contributed by atoms with Gasteiger partial charge in [0, 0.05) is 86.9 Å². The van der Waals surface area contributed by atoms with Gasteiger partial charge in [-0.15, -0.1) is 0 Å². The van der Waals surface area contributed by atoms with Crippen LogP contribution < -0.4 is 0 Å². The lowest BCUT2D eigenvalue weighted by Crippen LogP contribution is -2.51. The zero-order chi connectivity index (χ0) is 30.2. The smallest absolute Gasteiger partial charge is 0.0824 e. The lowest BCUT2D eigenvalue weighted by molar-refractivity contribution is -0.0315. The normalized spacial score (nSPS) is 15.8. The van der Waals surface area contributed by atoms with Gasteiger partial charge in [-0.05, 0) is 45.4 Å². The summed E-state index contributed by atoms with van der Waals surface area (Å²) in [6.45, 7) is 36.2. The number of methoxy groups -OCH3 is 3. The van der Waals surface area contributed by atoms with E-state index < -0.39 is 0 Å². The molecule has 0 bridgehead atoms. The summed E-state index contributed by atoms with van der Waals surface area (Å²) >= 11 is 0. The van der Waals surface area contributed by atoms with Crippen LogP contribution in [0.2, 0.25) is 0 Å². The predicted octanol–water partition coefficient (Wildman–Crippen LogP) is 5.69. The molecule has 0 N–H and O–H groups in total. The molecule has 38 heavy (non-hydrogen) atoms. The monoisotopic (exact) mass is 551 g/mol. The van der Waals surface area contributed by atoms with Gasteiger partial charge in [-0.3, -0.25) is 4.90 Å². The molecule has 0 radical (unpaired) electrons. The first-order chi connectivity index (χ1) is 18.3. The van der Waals surface area contributed by atoms with Gasteiger partial charge >= 0.3 is 0 Å². The van der Waals surface area contributed by atoms with Gasteiger partial charge in [0.1, 0.15) is 0 Å². The summed E-state index contributed by atoms with van der Waals surface area (Å²) < 4.78 is 14.8. The first-order valence-electron chi connectivity index (χ1n) is 15.7. The highest BCUT2D eigenvalue weighted by atomic mass is 16.5. The van der Waals surface area contributed by atoms with Crippen molar-refractivity contribution < 1.29 is 14.2 Å². The molecule has 2 aliphatic heterocycles. The zero-order valence-corrected chi connectivity index (χ0v) is 28.8. The molecule has 7 nitrogen and oxygen atoms in total. The minimum absolute atomic E-state index is 0.484. The third-order valence-electron chi connectivity index (χ3n) is 6.10. The van der Waals surface area contributed by atoms with Crippen molar-refractivity contribution in [2.45, 2.75) is 88.2 Å². The number of hydrogen-bond acceptors (Lipinski definition) is 7. The Kier molecular flexibility index (Phi) is 43.2. The van der Waals surface area contributed by atoms with Crippen LogP contribution in [0.1, 0.15) is 82.1 Å². The maximum atomic E-state index is 5.15. The average Bonchev–Trinajstić information content (AvgIpc) is 2.93. The quantitative estimate of drug-likeness (QED) is 0.289. The second kappa shape index (κ2) is 36.7. The summed E-state index contributed by atoms with van der Waals surface area (Å²) in [5, 5.41) is 0. The Labute approximate surface area is 241 Å². The Morgan fingerprint density at radius 3 is 1.50 bits per heavy atom. The van der Waals surface area contributed by atoms with Crippen molar-refractivity contribution in [3.05, 3.63) is 0 Å². The fourth-order valence-corrected chi connectivity index (χ4v) is 3.52. The molecule has 0 aromatic rings. The van der Waals surface area contributed by atoms with Gasteiger partial charge in [0.05, 0.1) is 6.10 Å². The van der Waals surface area contributed by atoms with Crippen LogP contribution in [0.15, 0.2) is 0 Å². The molecular weight excluding hydrogens is 476 g/mol. The van der Waals surface area contributed by atoms with Crippen molar-refractivity contribution in [3.63, 3.8) is 0 Å². The maximum Gasteiger partial charge on any atom is 0.0824 e. The van der Waals surface area contributed by atoms with Crippen LogP contribution in [0.25, 0.3) is 0 Å². The van der Waals surface area contributed by atoms with Gasteiger partial charge in [0.2, 0.25) is 0 Å². The number of rotatable bonds is 12. The van der Waals surface area contributed by atoms with Crippen molar-refractivity contribution in [3.8, 4) is 0 Å². The van der Waals surface area contributed by atoms with Crippen LogP contribution in [0.5, 0.6) is 0 Å². The van der Waals surface area contributed by atoms with Gasteiger partial charge in [-0.2, -0.15) is 0 Å². The number of likely N-dealkylation sites (N-methyl/N-ethyl adjacent to an activating group) is 1. The minimum Gasteiger partial charge on any atom is -0.385 e. The van der Waals surface area contributed by atoms with Crippen LogP contribution in [-0.4, -0.2) is 139 Å². The van der Waals surface area contributed by atoms with Gasteiger partial charge < -0.3 is 28.9 Å². The Hall–Kier alpha value is -0.280. The summed E-state index contributed by atoms with van der Waals surface area (Å²) in [6.07, 6.45) is 2.74. The highest BCUT2D eigenvalue weighted by Crippen LogP contribution is 2.10. The molecule has 0 amide bonds. The van der Waals surface area contributed by atoms with Crippen molar-refractivity contribution >= 4 is 0 Å². The summed E-state index contributed by atoms with van der Waals surface area (Å²) in [4.78, 5) is 9.74. The molecule has 0 spiro atoms. The number of ether oxygens (including phenoxy) is 3. The van der Waals surface area contributed by atoms with Crippen LogP contribution in [0.3, 0.4) is 0 Å². The summed E-state index contributed by atoms with van der Waals surface area (Å²) in [5.41, 5.74) is 0. The third kappa shape index (κ3) is 31.9. The van der Waals surface area contributed by atoms with Gasteiger partial charge in [0.15, 0.2) is 0 Å². The highest BCUT2D eigenvalue weighted by molar-refractivity contribution is 4.79. The molecule has 0 unspecified atom stereocenters. The maximum absolute atomic E-state index is 5.15. The zero-order valence-electron chi connectivity index (χ0n) is 28.8. The number of likely N-dealkylation sites (tertiary alicyclic amines) is 1. The molecule has 236 valence electrons. The van der Waals surface area contributed by atoms with Crippen molar-refractivity contribution in [1.29, 1.82) is 0 Å². The average molecular weight is 551 g/mol. The molecule has 2 heterocycles. The highest BCUT2D eigenvalue weighted by Gasteiger charge is 2.25. The van der Waals surface area contributed by atoms with E-state index in [9.17, 15) is 0 Å². The number of nitrogens with zero attached hydrogens (tertiary/aromatic N) is 4. The van der Waals surface area contributed by atoms with E-state index in [2.05, 4.69) is 68.2 Å². The van der Waals surface area contributed by atoms with E-state index >= 15 is 0 Å². The van der Waals surface area contributed by atoms with Gasteiger partial charge in [0.25, 0.3) is 0 Å². The van der Waals surface area contributed by atoms with Crippen molar-refractivity contribution in [2.75, 3.05) is 114 Å². The topological polar surface area (TPSA) is 40.7 Å². The molecule has 0 aliphatic carbocycles. The standard InChI is InChI=1S/C10H22N2.C8H17NO2.C5H13N.C4H10O.2C2H6/c1-4-11-5-7-12(8-6-11)9-10(2)3;1-10-5-3-4-9-6-8(7-9)11-2;1-4-6(3)5-2;1-3-4-5-2;2*1-2/h10H,4-9H2,1-3H3;8H,3-7H2,1-2H3;4-5H2,1-3H3;3-4H2,1-2H3;2*1-2H3. The number of hydrogen-bond donors (Lipinski definition) is 0. The third-order valence-corrected chi connectivity index (χ3v) is 6.10. The summed E-state index contributed by atoms with van der Waals surface area (Å²) in [7, 11) is 7.34. The van der Waals surface area contributed by atoms with E-state index in [0.717, 1.165) is 64.7 Å². The minimum atomic E-state index is 0.484. The van der Waals surface area contributed by atoms with Gasteiger partial charge in [-0.1, -0.05) is 69.2 Å². The van der Waals surface area contributed by atoms with E-state index in [1.165, 1.54) is 39.3 Å². The Bertz CT molecular complexity index is 383. The van der Waals surface area contributed by atoms with Crippen molar-refractivity contribution in [2.24, 2.45) is 5.92 Å². The van der Waals surface area contributed by atoms with E-state index in [1.54, 1.807) is 21.3 Å². The van der Waals surface area contributed by atoms with E-state index in [0.29, 0.717) is 6.10 Å². The molecule has 2 saturated heterocycles. The van der Waals surface area contributed by atoms with E-state index in [-0.39, 0.29) is 0 Å². The van der Waals surface area contributed by atoms with E-state index in [1.807, 2.05) is 27.7 Å². The SMILES string of the molecule is CC.CC.CCCOC.CCN(C)CC.CCN1CCN(CC(C)C)CC1.COCCCN1CC(OC)C1.